The van der Waals surface area contributed by atoms with Gasteiger partial charge in [0.05, 0.1) is 46.6 Å². The van der Waals surface area contributed by atoms with Crippen molar-refractivity contribution in [1.82, 2.24) is 41.5 Å². The van der Waals surface area contributed by atoms with Crippen LogP contribution in [0.4, 0.5) is 0 Å². The quantitative estimate of drug-likeness (QED) is 0.0333. The molecule has 0 saturated carbocycles. The van der Waals surface area contributed by atoms with E-state index < -0.39 is 71.7 Å². The van der Waals surface area contributed by atoms with Gasteiger partial charge < -0.3 is 57.2 Å². The zero-order valence-corrected chi connectivity index (χ0v) is 32.8. The predicted octanol–water partition coefficient (Wildman–Crippen LogP) is -1.79. The van der Waals surface area contributed by atoms with Crippen molar-refractivity contribution in [2.75, 3.05) is 47.3 Å². The van der Waals surface area contributed by atoms with Gasteiger partial charge in [0.25, 0.3) is 0 Å². The first-order chi connectivity index (χ1) is 25.5. The maximum Gasteiger partial charge on any atom is 0.245 e. The van der Waals surface area contributed by atoms with Gasteiger partial charge in [-0.3, -0.25) is 28.8 Å². The third kappa shape index (κ3) is 15.5. The molecule has 0 bridgehead atoms. The fraction of sp³-hybridized carbons (Fsp3) is 0.722. The topological polar surface area (TPSA) is 264 Å². The molecular weight excluding hydrogens is 698 g/mol. The van der Waals surface area contributed by atoms with Crippen molar-refractivity contribution in [3.8, 4) is 0 Å². The highest BCUT2D eigenvalue weighted by Gasteiger charge is 2.40. The van der Waals surface area contributed by atoms with Crippen molar-refractivity contribution in [2.24, 2.45) is 17.4 Å². The van der Waals surface area contributed by atoms with Crippen molar-refractivity contribution >= 4 is 41.7 Å². The Morgan fingerprint density at radius 1 is 0.889 bits per heavy atom. The van der Waals surface area contributed by atoms with E-state index in [1.807, 2.05) is 0 Å². The second-order valence-electron chi connectivity index (χ2n) is 15.4. The first-order valence-corrected chi connectivity index (χ1v) is 19.0. The summed E-state index contributed by atoms with van der Waals surface area (Å²) in [5, 5.41) is 13.6. The summed E-state index contributed by atoms with van der Waals surface area (Å²) in [7, 11) is 6.18. The van der Waals surface area contributed by atoms with Crippen LogP contribution in [0.3, 0.4) is 0 Å². The lowest BCUT2D eigenvalue weighted by Gasteiger charge is -2.31. The van der Waals surface area contributed by atoms with E-state index in [0.717, 1.165) is 17.4 Å². The van der Waals surface area contributed by atoms with Crippen LogP contribution in [-0.4, -0.2) is 145 Å². The number of aromatic amines is 1. The smallest absolute Gasteiger partial charge is 0.245 e. The van der Waals surface area contributed by atoms with E-state index in [4.69, 9.17) is 11.5 Å². The Labute approximate surface area is 318 Å². The number of quaternary nitrogens is 1. The molecule has 0 radical (unpaired) electrons. The Balaban J connectivity index is 2.31. The number of nitrogens with one attached hydrogen (secondary N) is 6. The summed E-state index contributed by atoms with van der Waals surface area (Å²) in [6.45, 7) is 6.21. The van der Waals surface area contributed by atoms with Gasteiger partial charge in [-0.25, -0.2) is 4.98 Å². The molecule has 2 rings (SSSR count). The number of carbonyl (C=O) groups excluding carboxylic acids is 7. The summed E-state index contributed by atoms with van der Waals surface area (Å²) >= 11 is 0. The number of nitrogens with zero attached hydrogens (tertiary/aromatic N) is 3. The second kappa shape index (κ2) is 22.7. The summed E-state index contributed by atoms with van der Waals surface area (Å²) in [6.07, 6.45) is 7.47. The van der Waals surface area contributed by atoms with Crippen LogP contribution in [0.1, 0.15) is 77.8 Å². The number of hydrogen-bond donors (Lipinski definition) is 8. The standard InChI is InChI=1S/C36H63N11O7/c1-23(2)31(45-30(49)19-38)35(53)42-26(12-8-10-17-47(4,5)6)32(50)43-27(13-7-9-15-37)36(54)46-16-11-14-29(46)34(52)44-28(18-25-20-39-22-40-25)33(51)41-24(3)21-48/h20-24,26-29,31H,7-19,37-38H2,1-6H3,(H5-,39,40,41,42,43,44,45,49,50,51,52,53)/p+1/t24-,26-,27-,28-,29-,31-/m0/s1. The highest BCUT2D eigenvalue weighted by molar-refractivity contribution is 5.97. The molecule has 18 nitrogen and oxygen atoms in total. The first kappa shape index (κ1) is 45.7. The summed E-state index contributed by atoms with van der Waals surface area (Å²) in [5.74, 6) is -3.50. The van der Waals surface area contributed by atoms with Crippen LogP contribution in [0.5, 0.6) is 0 Å². The van der Waals surface area contributed by atoms with Gasteiger partial charge in [0.1, 0.15) is 36.5 Å². The first-order valence-electron chi connectivity index (χ1n) is 19.0. The fourth-order valence-corrected chi connectivity index (χ4v) is 6.21. The Morgan fingerprint density at radius 3 is 2.13 bits per heavy atom. The lowest BCUT2D eigenvalue weighted by atomic mass is 10.0. The third-order valence-electron chi connectivity index (χ3n) is 9.24. The number of carbonyl (C=O) groups is 7. The largest absolute Gasteiger partial charge is 0.348 e. The molecule has 1 aromatic rings. The molecular formula is C36H64N11O7+. The number of aromatic nitrogens is 2. The van der Waals surface area contributed by atoms with Gasteiger partial charge in [0.2, 0.25) is 35.4 Å². The number of nitrogens with two attached hydrogens (primary N) is 2. The minimum absolute atomic E-state index is 0.0665. The maximum absolute atomic E-state index is 14.2. The molecule has 1 fully saturated rings. The van der Waals surface area contributed by atoms with E-state index in [1.54, 1.807) is 13.8 Å². The summed E-state index contributed by atoms with van der Waals surface area (Å²) in [4.78, 5) is 100. The maximum atomic E-state index is 14.2. The summed E-state index contributed by atoms with van der Waals surface area (Å²) in [6, 6.07) is -5.75. The molecule has 18 heteroatoms. The Hall–Kier alpha value is -4.42. The molecule has 10 N–H and O–H groups in total. The zero-order valence-electron chi connectivity index (χ0n) is 32.8. The van der Waals surface area contributed by atoms with Crippen LogP contribution < -0.4 is 38.1 Å². The van der Waals surface area contributed by atoms with E-state index in [9.17, 15) is 33.6 Å². The lowest BCUT2D eigenvalue weighted by molar-refractivity contribution is -0.870. The van der Waals surface area contributed by atoms with Gasteiger partial charge in [-0.2, -0.15) is 0 Å². The third-order valence-corrected chi connectivity index (χ3v) is 9.24. The monoisotopic (exact) mass is 762 g/mol. The lowest BCUT2D eigenvalue weighted by Crippen LogP contribution is -2.59. The number of hydrogen-bond acceptors (Lipinski definition) is 10. The van der Waals surface area contributed by atoms with Gasteiger partial charge in [-0.05, 0) is 70.8 Å². The highest BCUT2D eigenvalue weighted by Crippen LogP contribution is 2.21. The molecule has 0 spiro atoms. The van der Waals surface area contributed by atoms with Crippen LogP contribution in [0.15, 0.2) is 12.5 Å². The van der Waals surface area contributed by atoms with Gasteiger partial charge in [-0.15, -0.1) is 0 Å². The molecule has 304 valence electrons. The van der Waals surface area contributed by atoms with Crippen molar-refractivity contribution in [3.05, 3.63) is 18.2 Å². The average Bonchev–Trinajstić information content (AvgIpc) is 3.83. The minimum atomic E-state index is -1.07. The molecule has 0 aliphatic carbocycles. The molecule has 54 heavy (non-hydrogen) atoms. The molecule has 1 aliphatic heterocycles. The van der Waals surface area contributed by atoms with E-state index in [0.29, 0.717) is 50.6 Å². The highest BCUT2D eigenvalue weighted by atomic mass is 16.2. The average molecular weight is 763 g/mol. The number of likely N-dealkylation sites (tertiary alicyclic amines) is 1. The van der Waals surface area contributed by atoms with Gasteiger partial charge in [-0.1, -0.05) is 13.8 Å². The zero-order chi connectivity index (χ0) is 40.4. The van der Waals surface area contributed by atoms with E-state index in [2.05, 4.69) is 57.7 Å². The van der Waals surface area contributed by atoms with Crippen molar-refractivity contribution < 1.29 is 38.0 Å². The van der Waals surface area contributed by atoms with Crippen LogP contribution in [0.25, 0.3) is 0 Å². The number of aldehydes is 1. The van der Waals surface area contributed by atoms with Crippen LogP contribution in [0.2, 0.25) is 0 Å². The van der Waals surface area contributed by atoms with Gasteiger partial charge in [0.15, 0.2) is 0 Å². The van der Waals surface area contributed by atoms with Crippen LogP contribution in [0, 0.1) is 5.92 Å². The molecule has 1 aliphatic rings. The van der Waals surface area contributed by atoms with E-state index >= 15 is 0 Å². The van der Waals surface area contributed by atoms with Gasteiger partial charge in [0, 0.05) is 24.9 Å². The molecule has 2 heterocycles. The van der Waals surface area contributed by atoms with Crippen molar-refractivity contribution in [3.63, 3.8) is 0 Å². The second-order valence-corrected chi connectivity index (χ2v) is 15.4. The molecule has 6 amide bonds. The Kier molecular flexibility index (Phi) is 19.2. The van der Waals surface area contributed by atoms with Crippen LogP contribution in [-0.2, 0) is 40.0 Å². The molecule has 1 aromatic heterocycles. The molecule has 0 aromatic carbocycles. The molecule has 0 unspecified atom stereocenters. The minimum Gasteiger partial charge on any atom is -0.348 e. The van der Waals surface area contributed by atoms with Crippen molar-refractivity contribution in [1.29, 1.82) is 0 Å². The predicted molar refractivity (Wildman–Crippen MR) is 202 cm³/mol. The molecule has 1 saturated heterocycles. The van der Waals surface area contributed by atoms with Gasteiger partial charge >= 0.3 is 0 Å². The van der Waals surface area contributed by atoms with E-state index in [-0.39, 0.29) is 38.3 Å². The Bertz CT molecular complexity index is 1380. The number of rotatable bonds is 24. The Morgan fingerprint density at radius 2 is 1.54 bits per heavy atom. The fourth-order valence-electron chi connectivity index (χ4n) is 6.21. The van der Waals surface area contributed by atoms with Crippen molar-refractivity contribution in [2.45, 2.75) is 115 Å². The summed E-state index contributed by atoms with van der Waals surface area (Å²) in [5.41, 5.74) is 11.8. The number of imidazole rings is 1. The van der Waals surface area contributed by atoms with E-state index in [1.165, 1.54) is 24.3 Å². The number of amides is 6. The molecule has 6 atom stereocenters. The number of unbranched alkanes of at least 4 members (excludes halogenated alkanes) is 2. The van der Waals surface area contributed by atoms with Crippen LogP contribution >= 0.6 is 0 Å². The normalized spacial score (nSPS) is 17.1. The SMILES string of the molecule is CC(C)[C@H](NC(=O)CN)C(=O)N[C@@H](CCCC[N+](C)(C)C)C(=O)N[C@@H](CCCCN)C(=O)N1CCC[C@H]1C(=O)N[C@@H](Cc1cnc[nH]1)C(=O)N[C@@H](C)C=O. The number of H-pyrrole nitrogens is 1. The summed E-state index contributed by atoms with van der Waals surface area (Å²) < 4.78 is 0.721.